The number of ether oxygens (including phenoxy) is 2. The number of fused-ring (bicyclic) bond motifs is 3. The van der Waals surface area contributed by atoms with Crippen LogP contribution < -0.4 is 9.47 Å². The molecule has 142 valence electrons. The topological polar surface area (TPSA) is 18.5 Å². The van der Waals surface area contributed by atoms with Gasteiger partial charge in [0.2, 0.25) is 0 Å². The molecule has 0 heterocycles. The van der Waals surface area contributed by atoms with E-state index in [1.54, 1.807) is 14.2 Å². The van der Waals surface area contributed by atoms with Crippen molar-refractivity contribution < 1.29 is 9.47 Å². The highest BCUT2D eigenvalue weighted by molar-refractivity contribution is 6.03. The summed E-state index contributed by atoms with van der Waals surface area (Å²) in [6.45, 7) is 0. The van der Waals surface area contributed by atoms with Gasteiger partial charge in [-0.15, -0.1) is 0 Å². The summed E-state index contributed by atoms with van der Waals surface area (Å²) >= 11 is 0. The molecular formula is C27H22O2. The van der Waals surface area contributed by atoms with E-state index in [1.807, 2.05) is 6.07 Å². The van der Waals surface area contributed by atoms with E-state index in [-0.39, 0.29) is 0 Å². The van der Waals surface area contributed by atoms with E-state index in [2.05, 4.69) is 78.9 Å². The van der Waals surface area contributed by atoms with E-state index in [1.165, 1.54) is 33.4 Å². The van der Waals surface area contributed by atoms with E-state index in [9.17, 15) is 0 Å². The molecule has 0 spiro atoms. The van der Waals surface area contributed by atoms with E-state index < -0.39 is 0 Å². The van der Waals surface area contributed by atoms with Crippen LogP contribution in [0.15, 0.2) is 84.9 Å². The third kappa shape index (κ3) is 2.72. The van der Waals surface area contributed by atoms with Crippen molar-refractivity contribution in [3.05, 3.63) is 96.1 Å². The molecule has 0 radical (unpaired) electrons. The molecule has 0 N–H and O–H groups in total. The highest BCUT2D eigenvalue weighted by Crippen LogP contribution is 2.56. The number of benzene rings is 4. The zero-order valence-electron chi connectivity index (χ0n) is 16.6. The van der Waals surface area contributed by atoms with Gasteiger partial charge < -0.3 is 9.47 Å². The smallest absolute Gasteiger partial charge is 0.169 e. The molecule has 4 aromatic carbocycles. The summed E-state index contributed by atoms with van der Waals surface area (Å²) in [6.07, 6.45) is 0.847. The molecule has 0 unspecified atom stereocenters. The van der Waals surface area contributed by atoms with E-state index in [0.29, 0.717) is 0 Å². The molecule has 0 saturated carbocycles. The molecule has 0 amide bonds. The Balaban J connectivity index is 1.98. The fourth-order valence-electron chi connectivity index (χ4n) is 4.51. The highest BCUT2D eigenvalue weighted by Gasteiger charge is 2.32. The largest absolute Gasteiger partial charge is 0.493 e. The molecule has 4 aromatic rings. The maximum absolute atomic E-state index is 5.98. The zero-order valence-corrected chi connectivity index (χ0v) is 16.6. The number of hydrogen-bond donors (Lipinski definition) is 0. The van der Waals surface area contributed by atoms with Gasteiger partial charge in [0.1, 0.15) is 0 Å². The predicted molar refractivity (Wildman–Crippen MR) is 119 cm³/mol. The first-order chi connectivity index (χ1) is 14.3. The molecule has 0 aliphatic heterocycles. The van der Waals surface area contributed by atoms with Gasteiger partial charge in [-0.2, -0.15) is 0 Å². The molecule has 2 heteroatoms. The molecule has 1 aliphatic carbocycles. The molecule has 2 nitrogen and oxygen atoms in total. The van der Waals surface area contributed by atoms with E-state index in [0.717, 1.165) is 29.0 Å². The number of methoxy groups -OCH3 is 2. The van der Waals surface area contributed by atoms with Crippen LogP contribution in [0.2, 0.25) is 0 Å². The van der Waals surface area contributed by atoms with Crippen LogP contribution in [0.5, 0.6) is 11.5 Å². The van der Waals surface area contributed by atoms with E-state index >= 15 is 0 Å². The van der Waals surface area contributed by atoms with Crippen LogP contribution in [0.25, 0.3) is 33.4 Å². The van der Waals surface area contributed by atoms with Gasteiger partial charge in [0.05, 0.1) is 14.2 Å². The predicted octanol–water partition coefficient (Wildman–Crippen LogP) is 6.61. The van der Waals surface area contributed by atoms with Gasteiger partial charge in [-0.3, -0.25) is 0 Å². The monoisotopic (exact) mass is 378 g/mol. The average molecular weight is 378 g/mol. The van der Waals surface area contributed by atoms with Crippen LogP contribution in [0, 0.1) is 0 Å². The van der Waals surface area contributed by atoms with Gasteiger partial charge in [0, 0.05) is 23.1 Å². The first-order valence-corrected chi connectivity index (χ1v) is 9.83. The Morgan fingerprint density at radius 2 is 1.10 bits per heavy atom. The number of rotatable bonds is 4. The molecule has 0 saturated heterocycles. The second kappa shape index (κ2) is 7.14. The molecule has 29 heavy (non-hydrogen) atoms. The first kappa shape index (κ1) is 17.6. The van der Waals surface area contributed by atoms with Gasteiger partial charge in [-0.1, -0.05) is 84.9 Å². The first-order valence-electron chi connectivity index (χ1n) is 9.83. The van der Waals surface area contributed by atoms with Gasteiger partial charge in [0.15, 0.2) is 11.5 Å². The lowest BCUT2D eigenvalue weighted by molar-refractivity contribution is 0.354. The SMILES string of the molecule is COc1c2c(c(-c3ccccc3)c(-c3ccccc3)c1OC)-c1ccccc1C2. The normalized spacial score (nSPS) is 11.7. The Labute approximate surface area is 171 Å². The molecule has 0 aromatic heterocycles. The second-order valence-electron chi connectivity index (χ2n) is 7.24. The van der Waals surface area contributed by atoms with Crippen LogP contribution in [-0.2, 0) is 6.42 Å². The summed E-state index contributed by atoms with van der Waals surface area (Å²) in [6, 6.07) is 29.7. The maximum atomic E-state index is 5.98. The van der Waals surface area contributed by atoms with Gasteiger partial charge >= 0.3 is 0 Å². The standard InChI is InChI=1S/C27H22O2/c1-28-26-22-17-20-15-9-10-16-21(20)25(22)23(18-11-5-3-6-12-18)24(27(26)29-2)19-13-7-4-8-14-19/h3-16H,17H2,1-2H3. The Hall–Kier alpha value is -3.52. The molecule has 0 bridgehead atoms. The molecule has 5 rings (SSSR count). The lowest BCUT2D eigenvalue weighted by Gasteiger charge is -2.23. The third-order valence-corrected chi connectivity index (χ3v) is 5.70. The summed E-state index contributed by atoms with van der Waals surface area (Å²) < 4.78 is 11.9. The summed E-state index contributed by atoms with van der Waals surface area (Å²) in [5, 5.41) is 0. The van der Waals surface area contributed by atoms with Gasteiger partial charge in [-0.05, 0) is 27.8 Å². The minimum absolute atomic E-state index is 0.795. The molecule has 0 atom stereocenters. The van der Waals surface area contributed by atoms with Crippen LogP contribution in [0.4, 0.5) is 0 Å². The Bertz CT molecular complexity index is 1180. The maximum Gasteiger partial charge on any atom is 0.169 e. The van der Waals surface area contributed by atoms with Crippen LogP contribution in [-0.4, -0.2) is 14.2 Å². The van der Waals surface area contributed by atoms with Crippen molar-refractivity contribution in [2.45, 2.75) is 6.42 Å². The van der Waals surface area contributed by atoms with Gasteiger partial charge in [-0.25, -0.2) is 0 Å². The molecule has 1 aliphatic rings. The number of hydrogen-bond acceptors (Lipinski definition) is 2. The van der Waals surface area contributed by atoms with Crippen molar-refractivity contribution in [3.8, 4) is 44.9 Å². The lowest BCUT2D eigenvalue weighted by Crippen LogP contribution is -2.01. The van der Waals surface area contributed by atoms with Crippen molar-refractivity contribution in [1.82, 2.24) is 0 Å². The highest BCUT2D eigenvalue weighted by atomic mass is 16.5. The molecular weight excluding hydrogens is 356 g/mol. The van der Waals surface area contributed by atoms with Crippen molar-refractivity contribution in [2.75, 3.05) is 14.2 Å². The van der Waals surface area contributed by atoms with Crippen LogP contribution in [0.3, 0.4) is 0 Å². The fourth-order valence-corrected chi connectivity index (χ4v) is 4.51. The summed E-state index contributed by atoms with van der Waals surface area (Å²) in [5.41, 5.74) is 9.63. The summed E-state index contributed by atoms with van der Waals surface area (Å²) in [4.78, 5) is 0. The third-order valence-electron chi connectivity index (χ3n) is 5.70. The minimum atomic E-state index is 0.795. The van der Waals surface area contributed by atoms with E-state index in [4.69, 9.17) is 9.47 Å². The Morgan fingerprint density at radius 1 is 0.552 bits per heavy atom. The minimum Gasteiger partial charge on any atom is -0.493 e. The van der Waals surface area contributed by atoms with Crippen molar-refractivity contribution in [3.63, 3.8) is 0 Å². The van der Waals surface area contributed by atoms with Crippen molar-refractivity contribution in [2.24, 2.45) is 0 Å². The summed E-state index contributed by atoms with van der Waals surface area (Å²) in [5.74, 6) is 1.63. The summed E-state index contributed by atoms with van der Waals surface area (Å²) in [7, 11) is 3.46. The van der Waals surface area contributed by atoms with Crippen molar-refractivity contribution >= 4 is 0 Å². The average Bonchev–Trinajstić information content (AvgIpc) is 3.17. The Kier molecular flexibility index (Phi) is 4.33. The fraction of sp³-hybridized carbons (Fsp3) is 0.111. The van der Waals surface area contributed by atoms with Gasteiger partial charge in [0.25, 0.3) is 0 Å². The van der Waals surface area contributed by atoms with Crippen molar-refractivity contribution in [1.29, 1.82) is 0 Å². The second-order valence-corrected chi connectivity index (χ2v) is 7.24. The molecule has 0 fully saturated rings. The lowest BCUT2D eigenvalue weighted by atomic mass is 9.85. The Morgan fingerprint density at radius 3 is 1.72 bits per heavy atom. The van der Waals surface area contributed by atoms with Crippen LogP contribution >= 0.6 is 0 Å². The zero-order chi connectivity index (χ0) is 19.8. The quantitative estimate of drug-likeness (QED) is 0.350. The van der Waals surface area contributed by atoms with Crippen LogP contribution in [0.1, 0.15) is 11.1 Å².